The molecule has 0 aromatic carbocycles. The number of amides is 1. The van der Waals surface area contributed by atoms with Gasteiger partial charge in [-0.25, -0.2) is 9.78 Å². The van der Waals surface area contributed by atoms with Crippen molar-refractivity contribution in [3.8, 4) is 0 Å². The predicted octanol–water partition coefficient (Wildman–Crippen LogP) is 4.15. The lowest BCUT2D eigenvalue weighted by Crippen LogP contribution is -2.12. The van der Waals surface area contributed by atoms with Gasteiger partial charge in [-0.15, -0.1) is 22.7 Å². The van der Waals surface area contributed by atoms with Gasteiger partial charge in [0.25, 0.3) is 5.91 Å². The van der Waals surface area contributed by atoms with Crippen LogP contribution in [-0.2, 0) is 17.6 Å². The molecule has 0 saturated heterocycles. The van der Waals surface area contributed by atoms with Crippen LogP contribution >= 0.6 is 22.7 Å². The summed E-state index contributed by atoms with van der Waals surface area (Å²) in [6.45, 7) is 2.22. The van der Waals surface area contributed by atoms with Crippen LogP contribution in [0.25, 0.3) is 0 Å². The van der Waals surface area contributed by atoms with Crippen LogP contribution in [0.15, 0.2) is 12.1 Å². The third kappa shape index (κ3) is 3.67. The number of carbonyl (C=O) groups excluding carboxylic acids is 2. The van der Waals surface area contributed by atoms with Gasteiger partial charge in [-0.05, 0) is 37.3 Å². The van der Waals surface area contributed by atoms with Gasteiger partial charge >= 0.3 is 5.97 Å². The maximum Gasteiger partial charge on any atom is 0.348 e. The van der Waals surface area contributed by atoms with Crippen molar-refractivity contribution >= 4 is 39.7 Å². The Morgan fingerprint density at radius 1 is 1.33 bits per heavy atom. The number of hydrogen-bond acceptors (Lipinski definition) is 6. The first-order valence-electron chi connectivity index (χ1n) is 8.08. The lowest BCUT2D eigenvalue weighted by Gasteiger charge is -2.19. The van der Waals surface area contributed by atoms with Crippen molar-refractivity contribution in [3.05, 3.63) is 32.5 Å². The minimum absolute atomic E-state index is 0.230. The molecule has 2 aromatic heterocycles. The largest absolute Gasteiger partial charge is 0.465 e. The zero-order chi connectivity index (χ0) is 17.1. The zero-order valence-corrected chi connectivity index (χ0v) is 15.4. The first kappa shape index (κ1) is 17.1. The van der Waals surface area contributed by atoms with E-state index >= 15 is 0 Å². The second kappa shape index (κ2) is 7.44. The van der Waals surface area contributed by atoms with Crippen molar-refractivity contribution in [1.29, 1.82) is 0 Å². The van der Waals surface area contributed by atoms with Gasteiger partial charge < -0.3 is 4.74 Å². The van der Waals surface area contributed by atoms with Crippen molar-refractivity contribution in [2.24, 2.45) is 5.92 Å². The molecule has 0 aliphatic heterocycles. The number of thiazole rings is 1. The van der Waals surface area contributed by atoms with Crippen LogP contribution in [0.2, 0.25) is 0 Å². The highest BCUT2D eigenvalue weighted by Gasteiger charge is 2.23. The predicted molar refractivity (Wildman–Crippen MR) is 96.1 cm³/mol. The molecule has 128 valence electrons. The molecule has 3 rings (SSSR count). The number of thiophene rings is 1. The summed E-state index contributed by atoms with van der Waals surface area (Å²) < 4.78 is 4.66. The Bertz CT molecular complexity index is 751. The lowest BCUT2D eigenvalue weighted by molar-refractivity contribution is 0.0606. The normalized spacial score (nSPS) is 16.5. The summed E-state index contributed by atoms with van der Waals surface area (Å²) in [5, 5.41) is 3.51. The Balaban J connectivity index is 1.67. The molecule has 1 aliphatic rings. The summed E-state index contributed by atoms with van der Waals surface area (Å²) in [5.41, 5.74) is 1.13. The maximum atomic E-state index is 12.3. The Morgan fingerprint density at radius 2 is 2.12 bits per heavy atom. The fraction of sp³-hybridized carbons (Fsp3) is 0.471. The van der Waals surface area contributed by atoms with E-state index in [1.54, 1.807) is 23.5 Å². The van der Waals surface area contributed by atoms with Crippen LogP contribution in [0.3, 0.4) is 0 Å². The SMILES string of the molecule is CCCC1CCc2nc(NC(=O)c3ccc(C(=O)OC)s3)sc2C1. The number of rotatable bonds is 5. The summed E-state index contributed by atoms with van der Waals surface area (Å²) >= 11 is 2.70. The van der Waals surface area contributed by atoms with E-state index < -0.39 is 5.97 Å². The molecule has 1 amide bonds. The van der Waals surface area contributed by atoms with Gasteiger partial charge in [0, 0.05) is 4.88 Å². The first-order chi connectivity index (χ1) is 11.6. The van der Waals surface area contributed by atoms with Crippen molar-refractivity contribution in [2.75, 3.05) is 12.4 Å². The van der Waals surface area contributed by atoms with Crippen LogP contribution < -0.4 is 5.32 Å². The Labute approximate surface area is 149 Å². The van der Waals surface area contributed by atoms with Crippen molar-refractivity contribution in [1.82, 2.24) is 4.98 Å². The number of nitrogens with zero attached hydrogens (tertiary/aromatic N) is 1. The minimum atomic E-state index is -0.425. The second-order valence-corrected chi connectivity index (χ2v) is 8.06. The maximum absolute atomic E-state index is 12.3. The third-order valence-corrected chi connectivity index (χ3v) is 6.27. The highest BCUT2D eigenvalue weighted by atomic mass is 32.1. The number of methoxy groups -OCH3 is 1. The zero-order valence-electron chi connectivity index (χ0n) is 13.8. The van der Waals surface area contributed by atoms with E-state index in [0.717, 1.165) is 35.8 Å². The van der Waals surface area contributed by atoms with Crippen LogP contribution in [0.4, 0.5) is 5.13 Å². The molecule has 1 atom stereocenters. The molecule has 2 heterocycles. The third-order valence-electron chi connectivity index (χ3n) is 4.18. The molecule has 0 bridgehead atoms. The smallest absolute Gasteiger partial charge is 0.348 e. The molecule has 0 saturated carbocycles. The van der Waals surface area contributed by atoms with Crippen LogP contribution in [0.5, 0.6) is 0 Å². The number of hydrogen-bond donors (Lipinski definition) is 1. The fourth-order valence-corrected chi connectivity index (χ4v) is 4.92. The van der Waals surface area contributed by atoms with E-state index in [-0.39, 0.29) is 5.91 Å². The first-order valence-corrected chi connectivity index (χ1v) is 9.72. The van der Waals surface area contributed by atoms with Crippen LogP contribution in [0.1, 0.15) is 56.1 Å². The van der Waals surface area contributed by atoms with E-state index in [1.165, 1.54) is 31.2 Å². The van der Waals surface area contributed by atoms with Gasteiger partial charge in [-0.2, -0.15) is 0 Å². The number of carbonyl (C=O) groups is 2. The Hall–Kier alpha value is -1.73. The quantitative estimate of drug-likeness (QED) is 0.809. The average Bonchev–Trinajstić information content (AvgIpc) is 3.20. The molecule has 0 fully saturated rings. The number of aromatic nitrogens is 1. The van der Waals surface area contributed by atoms with E-state index in [9.17, 15) is 9.59 Å². The fourth-order valence-electron chi connectivity index (χ4n) is 2.98. The van der Waals surface area contributed by atoms with E-state index in [1.807, 2.05) is 0 Å². The highest BCUT2D eigenvalue weighted by molar-refractivity contribution is 7.17. The topological polar surface area (TPSA) is 68.3 Å². The summed E-state index contributed by atoms with van der Waals surface area (Å²) in [6.07, 6.45) is 5.72. The molecule has 1 unspecified atom stereocenters. The molecule has 2 aromatic rings. The van der Waals surface area contributed by atoms with Gasteiger partial charge in [0.1, 0.15) is 4.88 Å². The number of ether oxygens (including phenoxy) is 1. The minimum Gasteiger partial charge on any atom is -0.465 e. The number of aryl methyl sites for hydroxylation is 1. The Kier molecular flexibility index (Phi) is 5.30. The molecule has 1 aliphatic carbocycles. The monoisotopic (exact) mass is 364 g/mol. The van der Waals surface area contributed by atoms with E-state index in [4.69, 9.17) is 0 Å². The van der Waals surface area contributed by atoms with E-state index in [2.05, 4.69) is 22.0 Å². The van der Waals surface area contributed by atoms with Crippen molar-refractivity contribution in [3.63, 3.8) is 0 Å². The van der Waals surface area contributed by atoms with Crippen molar-refractivity contribution in [2.45, 2.75) is 39.0 Å². The highest BCUT2D eigenvalue weighted by Crippen LogP contribution is 2.34. The van der Waals surface area contributed by atoms with Gasteiger partial charge in [0.15, 0.2) is 5.13 Å². The van der Waals surface area contributed by atoms with Gasteiger partial charge in [0.05, 0.1) is 17.7 Å². The standard InChI is InChI=1S/C17H20N2O3S2/c1-3-4-10-5-6-11-14(9-10)24-17(18-11)19-15(20)12-7-8-13(23-12)16(21)22-2/h7-8,10H,3-6,9H2,1-2H3,(H,18,19,20). The number of fused-ring (bicyclic) bond motifs is 1. The molecule has 7 heteroatoms. The number of nitrogens with one attached hydrogen (secondary N) is 1. The van der Waals surface area contributed by atoms with Gasteiger partial charge in [0.2, 0.25) is 0 Å². The van der Waals surface area contributed by atoms with Crippen molar-refractivity contribution < 1.29 is 14.3 Å². The lowest BCUT2D eigenvalue weighted by atomic mass is 9.88. The summed E-state index contributed by atoms with van der Waals surface area (Å²) in [4.78, 5) is 30.6. The molecular formula is C17H20N2O3S2. The molecule has 1 N–H and O–H groups in total. The van der Waals surface area contributed by atoms with E-state index in [0.29, 0.717) is 14.9 Å². The Morgan fingerprint density at radius 3 is 2.88 bits per heavy atom. The molecule has 0 radical (unpaired) electrons. The number of esters is 1. The summed E-state index contributed by atoms with van der Waals surface area (Å²) in [7, 11) is 1.33. The van der Waals surface area contributed by atoms with Crippen LogP contribution in [0, 0.1) is 5.92 Å². The van der Waals surface area contributed by atoms with Crippen LogP contribution in [-0.4, -0.2) is 24.0 Å². The average molecular weight is 364 g/mol. The summed E-state index contributed by atoms with van der Waals surface area (Å²) in [5.74, 6) is 0.0866. The molecule has 5 nitrogen and oxygen atoms in total. The molecular weight excluding hydrogens is 344 g/mol. The van der Waals surface area contributed by atoms with Gasteiger partial charge in [-0.3, -0.25) is 10.1 Å². The van der Waals surface area contributed by atoms with Gasteiger partial charge in [-0.1, -0.05) is 19.8 Å². The number of anilines is 1. The second-order valence-electron chi connectivity index (χ2n) is 5.90. The molecule has 0 spiro atoms. The summed E-state index contributed by atoms with van der Waals surface area (Å²) in [6, 6.07) is 3.24. The molecule has 24 heavy (non-hydrogen) atoms.